The van der Waals surface area contributed by atoms with Crippen LogP contribution in [0.5, 0.6) is 0 Å². The van der Waals surface area contributed by atoms with Gasteiger partial charge in [-0.15, -0.1) is 0 Å². The van der Waals surface area contributed by atoms with Gasteiger partial charge < -0.3 is 0 Å². The highest BCUT2D eigenvalue weighted by molar-refractivity contribution is 6.55. The number of halogens is 2. The van der Waals surface area contributed by atoms with Gasteiger partial charge in [-0.25, -0.2) is 4.39 Å². The lowest BCUT2D eigenvalue weighted by molar-refractivity contribution is -0.139. The van der Waals surface area contributed by atoms with Crippen LogP contribution in [0.1, 0.15) is 37.7 Å². The monoisotopic (exact) mass is 307 g/mol. The van der Waals surface area contributed by atoms with Crippen LogP contribution in [-0.4, -0.2) is 22.8 Å². The van der Waals surface area contributed by atoms with E-state index in [0.29, 0.717) is 5.56 Å². The van der Waals surface area contributed by atoms with Gasteiger partial charge in [-0.1, -0.05) is 43.0 Å². The highest BCUT2D eigenvalue weighted by Gasteiger charge is 2.42. The second kappa shape index (κ2) is 5.60. The first-order chi connectivity index (χ1) is 10.1. The Hall–Kier alpha value is -1.68. The van der Waals surface area contributed by atoms with Crippen LogP contribution in [0, 0.1) is 5.82 Å². The summed E-state index contributed by atoms with van der Waals surface area (Å²) in [5, 5.41) is -0.0582. The van der Waals surface area contributed by atoms with Crippen LogP contribution in [0.4, 0.5) is 4.39 Å². The van der Waals surface area contributed by atoms with Gasteiger partial charge in [-0.05, 0) is 30.5 Å². The molecule has 21 heavy (non-hydrogen) atoms. The van der Waals surface area contributed by atoms with Crippen molar-refractivity contribution in [2.45, 2.75) is 38.1 Å². The molecule has 0 spiro atoms. The zero-order valence-corrected chi connectivity index (χ0v) is 12.2. The second-order valence-electron chi connectivity index (χ2n) is 5.47. The molecule has 2 amide bonds. The Balaban J connectivity index is 1.93. The van der Waals surface area contributed by atoms with Gasteiger partial charge in [0.15, 0.2) is 0 Å². The van der Waals surface area contributed by atoms with Crippen LogP contribution in [0.2, 0.25) is 0 Å². The average molecular weight is 308 g/mol. The van der Waals surface area contributed by atoms with Gasteiger partial charge in [0, 0.05) is 6.04 Å². The number of carbonyl (C=O) groups is 2. The molecule has 1 aromatic carbocycles. The van der Waals surface area contributed by atoms with Crippen LogP contribution >= 0.6 is 11.6 Å². The van der Waals surface area contributed by atoms with Crippen molar-refractivity contribution in [1.82, 2.24) is 4.90 Å². The van der Waals surface area contributed by atoms with Crippen molar-refractivity contribution in [3.05, 3.63) is 40.7 Å². The van der Waals surface area contributed by atoms with E-state index in [-0.39, 0.29) is 22.6 Å². The van der Waals surface area contributed by atoms with E-state index in [4.69, 9.17) is 11.6 Å². The largest absolute Gasteiger partial charge is 0.273 e. The summed E-state index contributed by atoms with van der Waals surface area (Å²) in [6.45, 7) is 0. The van der Waals surface area contributed by atoms with E-state index < -0.39 is 11.7 Å². The number of rotatable bonds is 2. The normalized spacial score (nSPS) is 20.6. The number of benzene rings is 1. The lowest BCUT2D eigenvalue weighted by Gasteiger charge is -2.29. The smallest absolute Gasteiger partial charge is 0.270 e. The molecule has 0 N–H and O–H groups in total. The van der Waals surface area contributed by atoms with Crippen LogP contribution in [-0.2, 0) is 9.59 Å². The lowest BCUT2D eigenvalue weighted by Crippen LogP contribution is -2.41. The highest BCUT2D eigenvalue weighted by atomic mass is 35.5. The number of carbonyl (C=O) groups excluding carboxylic acids is 2. The van der Waals surface area contributed by atoms with Crippen LogP contribution in [0.3, 0.4) is 0 Å². The first-order valence-electron chi connectivity index (χ1n) is 7.13. The minimum Gasteiger partial charge on any atom is -0.270 e. The molecule has 1 heterocycles. The standard InChI is InChI=1S/C16H15ClFNO2/c17-14-13(10-6-8-11(18)9-7-10)15(20)19(16(14)21)12-4-2-1-3-5-12/h6-9,12H,1-5H2. The van der Waals surface area contributed by atoms with Gasteiger partial charge in [0.2, 0.25) is 0 Å². The van der Waals surface area contributed by atoms with Crippen LogP contribution in [0.15, 0.2) is 29.3 Å². The van der Waals surface area contributed by atoms with Crippen LogP contribution < -0.4 is 0 Å². The van der Waals surface area contributed by atoms with E-state index in [1.165, 1.54) is 29.2 Å². The van der Waals surface area contributed by atoms with Crippen molar-refractivity contribution in [1.29, 1.82) is 0 Å². The molecule has 0 aromatic heterocycles. The quantitative estimate of drug-likeness (QED) is 0.785. The summed E-state index contributed by atoms with van der Waals surface area (Å²) in [5.41, 5.74) is 0.672. The number of amides is 2. The van der Waals surface area contributed by atoms with Gasteiger partial charge in [-0.3, -0.25) is 14.5 Å². The molecular formula is C16H15ClFNO2. The second-order valence-corrected chi connectivity index (χ2v) is 5.85. The SMILES string of the molecule is O=C1C(Cl)=C(c2ccc(F)cc2)C(=O)N1C1CCCCC1. The van der Waals surface area contributed by atoms with Crippen molar-refractivity contribution >= 4 is 29.0 Å². The summed E-state index contributed by atoms with van der Waals surface area (Å²) in [6.07, 6.45) is 4.84. The topological polar surface area (TPSA) is 37.4 Å². The molecule has 110 valence electrons. The number of hydrogen-bond acceptors (Lipinski definition) is 2. The fourth-order valence-electron chi connectivity index (χ4n) is 3.06. The molecule has 3 nitrogen and oxygen atoms in total. The minimum atomic E-state index is -0.423. The van der Waals surface area contributed by atoms with E-state index in [0.717, 1.165) is 32.1 Å². The zero-order valence-electron chi connectivity index (χ0n) is 11.4. The molecule has 0 atom stereocenters. The number of imide groups is 1. The third-order valence-corrected chi connectivity index (χ3v) is 4.48. The summed E-state index contributed by atoms with van der Waals surface area (Å²) in [5.74, 6) is -1.17. The zero-order chi connectivity index (χ0) is 15.0. The van der Waals surface area contributed by atoms with E-state index in [1.54, 1.807) is 0 Å². The van der Waals surface area contributed by atoms with Gasteiger partial charge in [-0.2, -0.15) is 0 Å². The van der Waals surface area contributed by atoms with E-state index >= 15 is 0 Å². The highest BCUT2D eigenvalue weighted by Crippen LogP contribution is 2.36. The first-order valence-corrected chi connectivity index (χ1v) is 7.51. The molecule has 1 saturated carbocycles. The maximum atomic E-state index is 13.0. The Bertz CT molecular complexity index is 618. The molecule has 3 rings (SSSR count). The number of hydrogen-bond donors (Lipinski definition) is 0. The predicted molar refractivity (Wildman–Crippen MR) is 77.9 cm³/mol. The van der Waals surface area contributed by atoms with Gasteiger partial charge in [0.05, 0.1) is 5.57 Å². The van der Waals surface area contributed by atoms with Crippen molar-refractivity contribution in [2.75, 3.05) is 0 Å². The third kappa shape index (κ3) is 2.48. The first kappa shape index (κ1) is 14.3. The molecule has 1 aliphatic heterocycles. The lowest BCUT2D eigenvalue weighted by atomic mass is 9.94. The van der Waals surface area contributed by atoms with Gasteiger partial charge >= 0.3 is 0 Å². The molecule has 0 unspecified atom stereocenters. The summed E-state index contributed by atoms with van der Waals surface area (Å²) < 4.78 is 13.0. The molecule has 0 saturated heterocycles. The molecule has 2 aliphatic rings. The van der Waals surface area contributed by atoms with Crippen molar-refractivity contribution in [3.8, 4) is 0 Å². The predicted octanol–water partition coefficient (Wildman–Crippen LogP) is 3.48. The van der Waals surface area contributed by atoms with Gasteiger partial charge in [0.1, 0.15) is 10.8 Å². The van der Waals surface area contributed by atoms with Crippen molar-refractivity contribution in [2.24, 2.45) is 0 Å². The van der Waals surface area contributed by atoms with Crippen molar-refractivity contribution in [3.63, 3.8) is 0 Å². The molecule has 5 heteroatoms. The Morgan fingerprint density at radius 2 is 1.62 bits per heavy atom. The number of nitrogens with zero attached hydrogens (tertiary/aromatic N) is 1. The fraction of sp³-hybridized carbons (Fsp3) is 0.375. The Morgan fingerprint density at radius 1 is 1.00 bits per heavy atom. The average Bonchev–Trinajstić information content (AvgIpc) is 2.72. The third-order valence-electron chi connectivity index (χ3n) is 4.13. The van der Waals surface area contributed by atoms with E-state index in [9.17, 15) is 14.0 Å². The van der Waals surface area contributed by atoms with E-state index in [2.05, 4.69) is 0 Å². The molecule has 0 radical (unpaired) electrons. The summed E-state index contributed by atoms with van der Waals surface area (Å²) >= 11 is 6.09. The minimum absolute atomic E-state index is 0.0582. The Kier molecular flexibility index (Phi) is 3.81. The van der Waals surface area contributed by atoms with Crippen LogP contribution in [0.25, 0.3) is 5.57 Å². The Morgan fingerprint density at radius 3 is 2.24 bits per heavy atom. The maximum absolute atomic E-state index is 13.0. The van der Waals surface area contributed by atoms with E-state index in [1.807, 2.05) is 0 Å². The molecule has 1 aliphatic carbocycles. The Labute approximate surface area is 127 Å². The van der Waals surface area contributed by atoms with Gasteiger partial charge in [0.25, 0.3) is 11.8 Å². The summed E-state index contributed by atoms with van der Waals surface area (Å²) in [7, 11) is 0. The molecule has 0 bridgehead atoms. The summed E-state index contributed by atoms with van der Waals surface area (Å²) in [4.78, 5) is 26.2. The fourth-order valence-corrected chi connectivity index (χ4v) is 3.34. The molecule has 1 fully saturated rings. The maximum Gasteiger partial charge on any atom is 0.273 e. The van der Waals surface area contributed by atoms with Crippen molar-refractivity contribution < 1.29 is 14.0 Å². The summed E-state index contributed by atoms with van der Waals surface area (Å²) in [6, 6.07) is 5.40. The molecule has 1 aromatic rings. The molecular weight excluding hydrogens is 293 g/mol.